The summed E-state index contributed by atoms with van der Waals surface area (Å²) in [5.41, 5.74) is 6.06. The highest BCUT2D eigenvalue weighted by Gasteiger charge is 2.22. The zero-order valence-electron chi connectivity index (χ0n) is 10.3. The molecule has 0 amide bonds. The molecule has 1 aromatic carbocycles. The van der Waals surface area contributed by atoms with Crippen LogP contribution >= 0.6 is 11.6 Å². The van der Waals surface area contributed by atoms with Gasteiger partial charge in [0.25, 0.3) is 0 Å². The minimum atomic E-state index is -0.0256. The number of hydrogen-bond donors (Lipinski definition) is 2. The molecule has 1 aliphatic rings. The van der Waals surface area contributed by atoms with E-state index in [4.69, 9.17) is 32.2 Å². The Hall–Kier alpha value is -1.26. The number of nitrogens with two attached hydrogens (primary N) is 1. The minimum Gasteiger partial charge on any atom is -0.490 e. The van der Waals surface area contributed by atoms with Crippen molar-refractivity contribution in [2.24, 2.45) is 5.73 Å². The van der Waals surface area contributed by atoms with E-state index in [9.17, 15) is 0 Å². The van der Waals surface area contributed by atoms with Crippen LogP contribution in [0.25, 0.3) is 0 Å². The van der Waals surface area contributed by atoms with Gasteiger partial charge in [-0.15, -0.1) is 0 Å². The lowest BCUT2D eigenvalue weighted by Crippen LogP contribution is -2.20. The van der Waals surface area contributed by atoms with Crippen molar-refractivity contribution >= 4 is 17.4 Å². The van der Waals surface area contributed by atoms with Gasteiger partial charge in [0.1, 0.15) is 18.2 Å². The molecule has 1 heterocycles. The Balaban J connectivity index is 2.04. The highest BCUT2D eigenvalue weighted by atomic mass is 35.5. The van der Waals surface area contributed by atoms with E-state index < -0.39 is 0 Å². The fourth-order valence-corrected chi connectivity index (χ4v) is 2.19. The van der Waals surface area contributed by atoms with Crippen molar-refractivity contribution in [1.82, 2.24) is 0 Å². The van der Waals surface area contributed by atoms with Crippen molar-refractivity contribution in [3.63, 3.8) is 0 Å². The number of nitrogens with one attached hydrogen (secondary N) is 1. The van der Waals surface area contributed by atoms with Crippen LogP contribution < -0.4 is 10.5 Å². The molecule has 0 spiro atoms. The van der Waals surface area contributed by atoms with E-state index in [2.05, 4.69) is 6.92 Å². The predicted octanol–water partition coefficient (Wildman–Crippen LogP) is 2.57. The Morgan fingerprint density at radius 2 is 2.33 bits per heavy atom. The SMILES string of the molecule is CC1CCC(COc2cc(Cl)ccc2C(=N)N)O1. The molecule has 1 aromatic rings. The average Bonchev–Trinajstić information content (AvgIpc) is 2.72. The molecular weight excluding hydrogens is 252 g/mol. The van der Waals surface area contributed by atoms with Crippen molar-refractivity contribution in [3.05, 3.63) is 28.8 Å². The fourth-order valence-electron chi connectivity index (χ4n) is 2.03. The first kappa shape index (κ1) is 13.2. The van der Waals surface area contributed by atoms with Crippen molar-refractivity contribution < 1.29 is 9.47 Å². The van der Waals surface area contributed by atoms with Crippen LogP contribution in [0.2, 0.25) is 5.02 Å². The highest BCUT2D eigenvalue weighted by molar-refractivity contribution is 6.30. The van der Waals surface area contributed by atoms with E-state index in [1.165, 1.54) is 0 Å². The summed E-state index contributed by atoms with van der Waals surface area (Å²) < 4.78 is 11.4. The Labute approximate surface area is 112 Å². The number of rotatable bonds is 4. The first-order chi connectivity index (χ1) is 8.56. The van der Waals surface area contributed by atoms with E-state index in [-0.39, 0.29) is 11.9 Å². The molecule has 1 aliphatic heterocycles. The summed E-state index contributed by atoms with van der Waals surface area (Å²) in [6.07, 6.45) is 2.46. The summed E-state index contributed by atoms with van der Waals surface area (Å²) in [6, 6.07) is 5.06. The zero-order chi connectivity index (χ0) is 13.1. The third kappa shape index (κ3) is 3.15. The van der Waals surface area contributed by atoms with Gasteiger partial charge >= 0.3 is 0 Å². The number of ether oxygens (including phenoxy) is 2. The molecule has 0 radical (unpaired) electrons. The van der Waals surface area contributed by atoms with Gasteiger partial charge in [0.2, 0.25) is 0 Å². The molecule has 1 saturated heterocycles. The quantitative estimate of drug-likeness (QED) is 0.651. The molecule has 0 aromatic heterocycles. The molecule has 0 bridgehead atoms. The molecule has 0 saturated carbocycles. The lowest BCUT2D eigenvalue weighted by molar-refractivity contribution is 0.0264. The van der Waals surface area contributed by atoms with Gasteiger partial charge < -0.3 is 15.2 Å². The first-order valence-corrected chi connectivity index (χ1v) is 6.36. The molecule has 5 heteroatoms. The summed E-state index contributed by atoms with van der Waals surface area (Å²) in [7, 11) is 0. The molecule has 0 aliphatic carbocycles. The van der Waals surface area contributed by atoms with E-state index in [0.717, 1.165) is 12.8 Å². The van der Waals surface area contributed by atoms with Crippen LogP contribution in [0.4, 0.5) is 0 Å². The molecule has 3 N–H and O–H groups in total. The van der Waals surface area contributed by atoms with Gasteiger partial charge in [-0.05, 0) is 38.0 Å². The molecular formula is C13H17ClN2O2. The summed E-state index contributed by atoms with van der Waals surface area (Å²) in [6.45, 7) is 2.52. The van der Waals surface area contributed by atoms with E-state index >= 15 is 0 Å². The van der Waals surface area contributed by atoms with Crippen molar-refractivity contribution in [2.45, 2.75) is 32.0 Å². The van der Waals surface area contributed by atoms with Crippen LogP contribution in [0.1, 0.15) is 25.3 Å². The lowest BCUT2D eigenvalue weighted by Gasteiger charge is -2.15. The fraction of sp³-hybridized carbons (Fsp3) is 0.462. The summed E-state index contributed by atoms with van der Waals surface area (Å²) in [4.78, 5) is 0. The first-order valence-electron chi connectivity index (χ1n) is 5.98. The van der Waals surface area contributed by atoms with Gasteiger partial charge in [-0.2, -0.15) is 0 Å². The topological polar surface area (TPSA) is 68.3 Å². The lowest BCUT2D eigenvalue weighted by atomic mass is 10.2. The predicted molar refractivity (Wildman–Crippen MR) is 71.5 cm³/mol. The number of hydrogen-bond acceptors (Lipinski definition) is 3. The maximum absolute atomic E-state index is 7.49. The van der Waals surface area contributed by atoms with Crippen LogP contribution in [-0.4, -0.2) is 24.7 Å². The molecule has 1 fully saturated rings. The Morgan fingerprint density at radius 1 is 1.56 bits per heavy atom. The Morgan fingerprint density at radius 3 is 2.94 bits per heavy atom. The van der Waals surface area contributed by atoms with Gasteiger partial charge in [0, 0.05) is 5.02 Å². The monoisotopic (exact) mass is 268 g/mol. The second kappa shape index (κ2) is 5.59. The minimum absolute atomic E-state index is 0.0256. The smallest absolute Gasteiger partial charge is 0.131 e. The number of nitrogen functional groups attached to an aromatic ring is 1. The third-order valence-electron chi connectivity index (χ3n) is 2.98. The maximum Gasteiger partial charge on any atom is 0.131 e. The Kier molecular flexibility index (Phi) is 4.09. The van der Waals surface area contributed by atoms with E-state index in [1.54, 1.807) is 18.2 Å². The molecule has 2 rings (SSSR count). The number of halogens is 1. The largest absolute Gasteiger partial charge is 0.490 e. The van der Waals surface area contributed by atoms with Gasteiger partial charge in [-0.25, -0.2) is 0 Å². The molecule has 2 unspecified atom stereocenters. The number of benzene rings is 1. The molecule has 98 valence electrons. The van der Waals surface area contributed by atoms with Crippen molar-refractivity contribution in [1.29, 1.82) is 5.41 Å². The van der Waals surface area contributed by atoms with Gasteiger partial charge in [0.15, 0.2) is 0 Å². The summed E-state index contributed by atoms with van der Waals surface area (Å²) in [5, 5.41) is 8.06. The normalized spacial score (nSPS) is 23.0. The maximum atomic E-state index is 7.49. The van der Waals surface area contributed by atoms with Crippen molar-refractivity contribution in [2.75, 3.05) is 6.61 Å². The van der Waals surface area contributed by atoms with E-state index in [1.807, 2.05) is 0 Å². The molecule has 4 nitrogen and oxygen atoms in total. The molecule has 18 heavy (non-hydrogen) atoms. The third-order valence-corrected chi connectivity index (χ3v) is 3.21. The number of amidine groups is 1. The van der Waals surface area contributed by atoms with Gasteiger partial charge in [-0.1, -0.05) is 11.6 Å². The summed E-state index contributed by atoms with van der Waals surface area (Å²) >= 11 is 5.92. The highest BCUT2D eigenvalue weighted by Crippen LogP contribution is 2.25. The standard InChI is InChI=1S/C13H17ClN2O2/c1-8-2-4-10(18-8)7-17-12-6-9(14)3-5-11(12)13(15)16/h3,5-6,8,10H,2,4,7H2,1H3,(H3,15,16). The summed E-state index contributed by atoms with van der Waals surface area (Å²) in [5.74, 6) is 0.514. The van der Waals surface area contributed by atoms with Crippen LogP contribution in [-0.2, 0) is 4.74 Å². The van der Waals surface area contributed by atoms with Crippen LogP contribution in [0.5, 0.6) is 5.75 Å². The zero-order valence-corrected chi connectivity index (χ0v) is 11.0. The Bertz CT molecular complexity index is 451. The van der Waals surface area contributed by atoms with E-state index in [0.29, 0.717) is 29.0 Å². The van der Waals surface area contributed by atoms with Crippen LogP contribution in [0.3, 0.4) is 0 Å². The molecule has 2 atom stereocenters. The van der Waals surface area contributed by atoms with Crippen LogP contribution in [0, 0.1) is 5.41 Å². The average molecular weight is 269 g/mol. The van der Waals surface area contributed by atoms with Crippen molar-refractivity contribution in [3.8, 4) is 5.75 Å². The second-order valence-electron chi connectivity index (χ2n) is 4.51. The van der Waals surface area contributed by atoms with Gasteiger partial charge in [0.05, 0.1) is 17.8 Å². The second-order valence-corrected chi connectivity index (χ2v) is 4.95. The van der Waals surface area contributed by atoms with Crippen LogP contribution in [0.15, 0.2) is 18.2 Å². The van der Waals surface area contributed by atoms with Gasteiger partial charge in [-0.3, -0.25) is 5.41 Å².